The van der Waals surface area contributed by atoms with Crippen LogP contribution in [-0.4, -0.2) is 33.3 Å². The zero-order valence-corrected chi connectivity index (χ0v) is 15.3. The third-order valence-electron chi connectivity index (χ3n) is 4.14. The van der Waals surface area contributed by atoms with E-state index in [1.807, 2.05) is 30.3 Å². The number of methoxy groups -OCH3 is 1. The zero-order chi connectivity index (χ0) is 20.2. The second kappa shape index (κ2) is 7.66. The largest absolute Gasteiger partial charge is 0.497 e. The van der Waals surface area contributed by atoms with Crippen LogP contribution < -0.4 is 15.4 Å². The van der Waals surface area contributed by atoms with Gasteiger partial charge in [-0.3, -0.25) is 10.4 Å². The number of nitriles is 1. The first kappa shape index (κ1) is 17.9. The van der Waals surface area contributed by atoms with Crippen molar-refractivity contribution in [3.8, 4) is 23.1 Å². The lowest BCUT2D eigenvalue weighted by molar-refractivity contribution is 0.262. The fraction of sp³-hybridized carbons (Fsp3) is 0.0500. The Kier molecular flexibility index (Phi) is 4.74. The first-order chi connectivity index (χ1) is 14.2. The minimum atomic E-state index is -0.498. The molecule has 0 spiro atoms. The summed E-state index contributed by atoms with van der Waals surface area (Å²) in [5.74, 6) is 1.06. The van der Waals surface area contributed by atoms with E-state index in [1.54, 1.807) is 37.6 Å². The fourth-order valence-corrected chi connectivity index (χ4v) is 2.72. The van der Waals surface area contributed by atoms with Crippen molar-refractivity contribution in [2.45, 2.75) is 0 Å². The van der Waals surface area contributed by atoms with Crippen molar-refractivity contribution in [3.63, 3.8) is 0 Å². The predicted octanol–water partition coefficient (Wildman–Crippen LogP) is 3.54. The minimum Gasteiger partial charge on any atom is -0.497 e. The van der Waals surface area contributed by atoms with E-state index >= 15 is 0 Å². The van der Waals surface area contributed by atoms with Gasteiger partial charge in [0.05, 0.1) is 30.6 Å². The molecule has 0 fully saturated rings. The predicted molar refractivity (Wildman–Crippen MR) is 107 cm³/mol. The molecule has 2 amide bonds. The zero-order valence-electron chi connectivity index (χ0n) is 15.3. The van der Waals surface area contributed by atoms with Gasteiger partial charge in [0.15, 0.2) is 11.3 Å². The summed E-state index contributed by atoms with van der Waals surface area (Å²) in [5.41, 5.74) is 3.24. The molecule has 2 aromatic heterocycles. The summed E-state index contributed by atoms with van der Waals surface area (Å²) in [6.45, 7) is 0. The molecule has 0 radical (unpaired) electrons. The molecule has 0 atom stereocenters. The lowest BCUT2D eigenvalue weighted by Gasteiger charge is -2.07. The first-order valence-corrected chi connectivity index (χ1v) is 8.60. The lowest BCUT2D eigenvalue weighted by Crippen LogP contribution is -2.20. The van der Waals surface area contributed by atoms with E-state index < -0.39 is 6.03 Å². The highest BCUT2D eigenvalue weighted by molar-refractivity contribution is 6.03. The van der Waals surface area contributed by atoms with Crippen LogP contribution in [0.5, 0.6) is 5.75 Å². The average molecular weight is 385 g/mol. The quantitative estimate of drug-likeness (QED) is 0.493. The Labute approximate surface area is 165 Å². The molecule has 29 heavy (non-hydrogen) atoms. The molecule has 0 bridgehead atoms. The second-order valence-corrected chi connectivity index (χ2v) is 6.03. The number of nitrogens with one attached hydrogen (secondary N) is 3. The maximum absolute atomic E-state index is 12.3. The van der Waals surface area contributed by atoms with Crippen LogP contribution in [0.1, 0.15) is 5.56 Å². The number of aromatic nitrogens is 4. The number of ether oxygens (including phenoxy) is 1. The number of hydrogen-bond acceptors (Lipinski definition) is 6. The normalized spacial score (nSPS) is 10.3. The van der Waals surface area contributed by atoms with Gasteiger partial charge in [-0.25, -0.2) is 14.8 Å². The number of fused-ring (bicyclic) bond motifs is 1. The molecule has 4 aromatic rings. The molecule has 2 heterocycles. The summed E-state index contributed by atoms with van der Waals surface area (Å²) in [5, 5.41) is 21.1. The second-order valence-electron chi connectivity index (χ2n) is 6.03. The number of nitrogens with zero attached hydrogens (tertiary/aromatic N) is 4. The van der Waals surface area contributed by atoms with Crippen LogP contribution in [0.2, 0.25) is 0 Å². The Morgan fingerprint density at radius 3 is 2.76 bits per heavy atom. The van der Waals surface area contributed by atoms with Crippen molar-refractivity contribution in [1.82, 2.24) is 20.2 Å². The van der Waals surface area contributed by atoms with Gasteiger partial charge in [-0.2, -0.15) is 10.4 Å². The molecule has 142 valence electrons. The third-order valence-corrected chi connectivity index (χ3v) is 4.14. The van der Waals surface area contributed by atoms with Crippen molar-refractivity contribution in [2.75, 3.05) is 17.7 Å². The van der Waals surface area contributed by atoms with Gasteiger partial charge < -0.3 is 10.1 Å². The van der Waals surface area contributed by atoms with Crippen molar-refractivity contribution < 1.29 is 9.53 Å². The number of urea groups is 1. The summed E-state index contributed by atoms with van der Waals surface area (Å²) in [6.07, 6.45) is 1.61. The van der Waals surface area contributed by atoms with Crippen LogP contribution in [0.25, 0.3) is 22.4 Å². The number of benzene rings is 2. The molecule has 0 aliphatic heterocycles. The van der Waals surface area contributed by atoms with Gasteiger partial charge in [-0.05, 0) is 42.5 Å². The summed E-state index contributed by atoms with van der Waals surface area (Å²) >= 11 is 0. The van der Waals surface area contributed by atoms with E-state index in [0.717, 1.165) is 11.3 Å². The monoisotopic (exact) mass is 385 g/mol. The Balaban J connectivity index is 1.57. The number of aromatic amines is 1. The standard InChI is InChI=1S/C20H15N7O2/c1-29-15-7-5-13(6-8-15)16-11-22-18-17(24-16)19(27-26-18)25-20(28)23-14-4-2-3-12(9-14)10-21/h2-9,11H,1H3,(H3,22,23,25,26,27,28). The van der Waals surface area contributed by atoms with E-state index in [-0.39, 0.29) is 0 Å². The number of H-pyrrole nitrogens is 1. The maximum Gasteiger partial charge on any atom is 0.324 e. The van der Waals surface area contributed by atoms with Gasteiger partial charge in [-0.15, -0.1) is 0 Å². The number of anilines is 2. The Morgan fingerprint density at radius 2 is 2.00 bits per heavy atom. The van der Waals surface area contributed by atoms with Crippen molar-refractivity contribution in [1.29, 1.82) is 5.26 Å². The van der Waals surface area contributed by atoms with Gasteiger partial charge in [0.25, 0.3) is 0 Å². The van der Waals surface area contributed by atoms with Crippen molar-refractivity contribution in [2.24, 2.45) is 0 Å². The van der Waals surface area contributed by atoms with E-state index in [4.69, 9.17) is 10.00 Å². The first-order valence-electron chi connectivity index (χ1n) is 8.60. The number of carbonyl (C=O) groups excluding carboxylic acids is 1. The molecule has 0 aliphatic carbocycles. The average Bonchev–Trinajstić information content (AvgIpc) is 3.15. The molecule has 0 aliphatic rings. The number of rotatable bonds is 4. The molecule has 0 saturated heterocycles. The summed E-state index contributed by atoms with van der Waals surface area (Å²) in [6, 6.07) is 15.5. The molecule has 9 nitrogen and oxygen atoms in total. The maximum atomic E-state index is 12.3. The van der Waals surface area contributed by atoms with Crippen LogP contribution >= 0.6 is 0 Å². The number of hydrogen-bond donors (Lipinski definition) is 3. The highest BCUT2D eigenvalue weighted by Crippen LogP contribution is 2.24. The summed E-state index contributed by atoms with van der Waals surface area (Å²) in [4.78, 5) is 21.2. The number of amides is 2. The van der Waals surface area contributed by atoms with Gasteiger partial charge in [0.2, 0.25) is 5.65 Å². The third kappa shape index (κ3) is 3.81. The van der Waals surface area contributed by atoms with Crippen LogP contribution in [0.15, 0.2) is 54.7 Å². The van der Waals surface area contributed by atoms with Gasteiger partial charge in [0.1, 0.15) is 5.75 Å². The minimum absolute atomic E-state index is 0.316. The topological polar surface area (TPSA) is 129 Å². The molecule has 4 rings (SSSR count). The molecule has 3 N–H and O–H groups in total. The van der Waals surface area contributed by atoms with Crippen LogP contribution in [0.4, 0.5) is 16.3 Å². The molecule has 0 saturated carbocycles. The highest BCUT2D eigenvalue weighted by Gasteiger charge is 2.13. The molecule has 2 aromatic carbocycles. The molecular weight excluding hydrogens is 370 g/mol. The SMILES string of the molecule is COc1ccc(-c2cnc3n[nH]c(NC(=O)Nc4cccc(C#N)c4)c3n2)cc1. The molecule has 9 heteroatoms. The lowest BCUT2D eigenvalue weighted by atomic mass is 10.1. The Bertz CT molecular complexity index is 1230. The molecule has 0 unspecified atom stereocenters. The number of carbonyl (C=O) groups is 1. The summed E-state index contributed by atoms with van der Waals surface area (Å²) in [7, 11) is 1.60. The smallest absolute Gasteiger partial charge is 0.324 e. The summed E-state index contributed by atoms with van der Waals surface area (Å²) < 4.78 is 5.17. The van der Waals surface area contributed by atoms with E-state index in [2.05, 4.69) is 30.8 Å². The van der Waals surface area contributed by atoms with Crippen LogP contribution in [-0.2, 0) is 0 Å². The van der Waals surface area contributed by atoms with Crippen molar-refractivity contribution in [3.05, 3.63) is 60.3 Å². The van der Waals surface area contributed by atoms with E-state index in [1.165, 1.54) is 0 Å². The van der Waals surface area contributed by atoms with Crippen molar-refractivity contribution >= 4 is 28.7 Å². The fourth-order valence-electron chi connectivity index (χ4n) is 2.72. The van der Waals surface area contributed by atoms with E-state index in [0.29, 0.717) is 33.9 Å². The van der Waals surface area contributed by atoms with E-state index in [9.17, 15) is 4.79 Å². The van der Waals surface area contributed by atoms with Gasteiger partial charge in [-0.1, -0.05) is 6.07 Å². The molecular formula is C20H15N7O2. The van der Waals surface area contributed by atoms with Gasteiger partial charge >= 0.3 is 6.03 Å². The van der Waals surface area contributed by atoms with Crippen LogP contribution in [0, 0.1) is 11.3 Å². The van der Waals surface area contributed by atoms with Crippen LogP contribution in [0.3, 0.4) is 0 Å². The highest BCUT2D eigenvalue weighted by atomic mass is 16.5. The Hall–Kier alpha value is -4.45. The Morgan fingerprint density at radius 1 is 1.17 bits per heavy atom. The van der Waals surface area contributed by atoms with Gasteiger partial charge in [0, 0.05) is 11.3 Å².